The first-order valence-corrected chi connectivity index (χ1v) is 4.49. The van der Waals surface area contributed by atoms with Gasteiger partial charge in [0.05, 0.1) is 10.7 Å². The van der Waals surface area contributed by atoms with E-state index in [0.717, 1.165) is 18.5 Å². The first-order chi connectivity index (χ1) is 6.16. The van der Waals surface area contributed by atoms with E-state index in [9.17, 15) is 4.79 Å². The zero-order valence-corrected chi connectivity index (χ0v) is 7.66. The second kappa shape index (κ2) is 3.03. The summed E-state index contributed by atoms with van der Waals surface area (Å²) in [5.74, 6) is -0.441. The molecule has 1 N–H and O–H groups in total. The quantitative estimate of drug-likeness (QED) is 0.805. The molecule has 0 spiro atoms. The van der Waals surface area contributed by atoms with Gasteiger partial charge >= 0.3 is 5.97 Å². The van der Waals surface area contributed by atoms with Gasteiger partial charge in [-0.25, -0.2) is 0 Å². The number of carboxylic acids is 1. The summed E-state index contributed by atoms with van der Waals surface area (Å²) in [6.07, 6.45) is 3.80. The van der Waals surface area contributed by atoms with Gasteiger partial charge in [0, 0.05) is 12.1 Å². The third-order valence-corrected chi connectivity index (χ3v) is 2.30. The molecule has 1 heterocycles. The van der Waals surface area contributed by atoms with Crippen molar-refractivity contribution in [3.63, 3.8) is 0 Å². The number of hydrogen-bond acceptors (Lipinski definition) is 2. The minimum atomic E-state index is -0.901. The van der Waals surface area contributed by atoms with Crippen molar-refractivity contribution in [2.45, 2.75) is 25.3 Å². The van der Waals surface area contributed by atoms with Gasteiger partial charge in [-0.1, -0.05) is 11.6 Å². The zero-order chi connectivity index (χ0) is 9.42. The van der Waals surface area contributed by atoms with Crippen molar-refractivity contribution in [2.24, 2.45) is 0 Å². The highest BCUT2D eigenvalue weighted by molar-refractivity contribution is 6.31. The van der Waals surface area contributed by atoms with Crippen molar-refractivity contribution in [1.82, 2.24) is 9.78 Å². The molecule has 1 aliphatic rings. The van der Waals surface area contributed by atoms with Crippen LogP contribution in [-0.4, -0.2) is 20.9 Å². The van der Waals surface area contributed by atoms with Crippen LogP contribution in [0.3, 0.4) is 0 Å². The number of aromatic nitrogens is 2. The van der Waals surface area contributed by atoms with E-state index >= 15 is 0 Å². The van der Waals surface area contributed by atoms with Gasteiger partial charge in [0.1, 0.15) is 6.54 Å². The molecule has 1 fully saturated rings. The Morgan fingerprint density at radius 3 is 3.00 bits per heavy atom. The minimum Gasteiger partial charge on any atom is -0.480 e. The Morgan fingerprint density at radius 1 is 1.77 bits per heavy atom. The molecule has 1 aromatic heterocycles. The monoisotopic (exact) mass is 200 g/mol. The lowest BCUT2D eigenvalue weighted by Crippen LogP contribution is -2.09. The standard InChI is InChI=1S/C8H9ClN2O2/c9-6-3-11(4-7(12)13)10-8(6)5-1-2-5/h3,5H,1-2,4H2,(H,12,13). The minimum absolute atomic E-state index is 0.119. The van der Waals surface area contributed by atoms with Crippen LogP contribution in [0.15, 0.2) is 6.20 Å². The van der Waals surface area contributed by atoms with Crippen LogP contribution in [0.4, 0.5) is 0 Å². The van der Waals surface area contributed by atoms with Crippen molar-refractivity contribution in [2.75, 3.05) is 0 Å². The molecule has 0 radical (unpaired) electrons. The first-order valence-electron chi connectivity index (χ1n) is 4.11. The average Bonchev–Trinajstić information content (AvgIpc) is 2.77. The van der Waals surface area contributed by atoms with Crippen LogP contribution >= 0.6 is 11.6 Å². The number of hydrogen-bond donors (Lipinski definition) is 1. The van der Waals surface area contributed by atoms with Crippen LogP contribution in [0.2, 0.25) is 5.02 Å². The number of carbonyl (C=O) groups is 1. The molecule has 0 saturated heterocycles. The lowest BCUT2D eigenvalue weighted by Gasteiger charge is -1.93. The summed E-state index contributed by atoms with van der Waals surface area (Å²) < 4.78 is 1.37. The molecule has 1 saturated carbocycles. The van der Waals surface area contributed by atoms with Gasteiger partial charge in [0.15, 0.2) is 0 Å². The number of halogens is 1. The van der Waals surface area contributed by atoms with E-state index in [1.807, 2.05) is 0 Å². The van der Waals surface area contributed by atoms with Gasteiger partial charge < -0.3 is 5.11 Å². The van der Waals surface area contributed by atoms with Gasteiger partial charge in [-0.3, -0.25) is 9.48 Å². The second-order valence-electron chi connectivity index (χ2n) is 3.23. The molecule has 70 valence electrons. The summed E-state index contributed by atoms with van der Waals surface area (Å²) >= 11 is 5.89. The van der Waals surface area contributed by atoms with Crippen LogP contribution in [0.5, 0.6) is 0 Å². The number of nitrogens with zero attached hydrogens (tertiary/aromatic N) is 2. The van der Waals surface area contributed by atoms with Crippen molar-refractivity contribution < 1.29 is 9.90 Å². The highest BCUT2D eigenvalue weighted by Crippen LogP contribution is 2.42. The maximum Gasteiger partial charge on any atom is 0.325 e. The molecule has 2 rings (SSSR count). The average molecular weight is 201 g/mol. The molecule has 5 heteroatoms. The van der Waals surface area contributed by atoms with Crippen molar-refractivity contribution in [3.05, 3.63) is 16.9 Å². The van der Waals surface area contributed by atoms with E-state index < -0.39 is 5.97 Å². The molecule has 0 bridgehead atoms. The van der Waals surface area contributed by atoms with Gasteiger partial charge in [0.25, 0.3) is 0 Å². The SMILES string of the molecule is O=C(O)Cn1cc(Cl)c(C2CC2)n1. The maximum absolute atomic E-state index is 10.4. The van der Waals surface area contributed by atoms with Gasteiger partial charge in [0.2, 0.25) is 0 Å². The summed E-state index contributed by atoms with van der Waals surface area (Å²) in [7, 11) is 0. The fourth-order valence-electron chi connectivity index (χ4n) is 1.26. The zero-order valence-electron chi connectivity index (χ0n) is 6.90. The molecule has 0 aromatic carbocycles. The summed E-state index contributed by atoms with van der Waals surface area (Å²) in [4.78, 5) is 10.4. The van der Waals surface area contributed by atoms with E-state index in [2.05, 4.69) is 5.10 Å². The summed E-state index contributed by atoms with van der Waals surface area (Å²) in [5, 5.41) is 13.2. The van der Waals surface area contributed by atoms with Crippen LogP contribution in [0.25, 0.3) is 0 Å². The van der Waals surface area contributed by atoms with Gasteiger partial charge in [-0.15, -0.1) is 0 Å². The highest BCUT2D eigenvalue weighted by Gasteiger charge is 2.28. The Morgan fingerprint density at radius 2 is 2.46 bits per heavy atom. The summed E-state index contributed by atoms with van der Waals surface area (Å²) in [5.41, 5.74) is 0.850. The Balaban J connectivity index is 2.19. The lowest BCUT2D eigenvalue weighted by atomic mass is 10.3. The van der Waals surface area contributed by atoms with E-state index in [-0.39, 0.29) is 6.54 Å². The van der Waals surface area contributed by atoms with Crippen LogP contribution < -0.4 is 0 Å². The van der Waals surface area contributed by atoms with Crippen molar-refractivity contribution in [3.8, 4) is 0 Å². The first kappa shape index (κ1) is 8.56. The molecule has 0 aliphatic heterocycles. The number of aliphatic carboxylic acids is 1. The Bertz CT molecular complexity index is 344. The normalized spacial score (nSPS) is 16.1. The van der Waals surface area contributed by atoms with Gasteiger partial charge in [-0.05, 0) is 12.8 Å². The largest absolute Gasteiger partial charge is 0.480 e. The molecule has 4 nitrogen and oxygen atoms in total. The number of rotatable bonds is 3. The predicted octanol–water partition coefficient (Wildman–Crippen LogP) is 1.50. The summed E-state index contributed by atoms with van der Waals surface area (Å²) in [6, 6.07) is 0. The van der Waals surface area contributed by atoms with Crippen molar-refractivity contribution in [1.29, 1.82) is 0 Å². The van der Waals surface area contributed by atoms with E-state index in [4.69, 9.17) is 16.7 Å². The fraction of sp³-hybridized carbons (Fsp3) is 0.500. The summed E-state index contributed by atoms with van der Waals surface area (Å²) in [6.45, 7) is -0.119. The van der Waals surface area contributed by atoms with Crippen LogP contribution in [0, 0.1) is 0 Å². The molecular formula is C8H9ClN2O2. The Labute approximate surface area is 80.1 Å². The molecule has 0 atom stereocenters. The Kier molecular flexibility index (Phi) is 2.00. The topological polar surface area (TPSA) is 55.1 Å². The lowest BCUT2D eigenvalue weighted by molar-refractivity contribution is -0.137. The van der Waals surface area contributed by atoms with E-state index in [1.165, 1.54) is 4.68 Å². The second-order valence-corrected chi connectivity index (χ2v) is 3.64. The van der Waals surface area contributed by atoms with Crippen LogP contribution in [-0.2, 0) is 11.3 Å². The third-order valence-electron chi connectivity index (χ3n) is 2.00. The van der Waals surface area contributed by atoms with E-state index in [1.54, 1.807) is 6.20 Å². The van der Waals surface area contributed by atoms with Crippen molar-refractivity contribution >= 4 is 17.6 Å². The third kappa shape index (κ3) is 1.83. The molecule has 13 heavy (non-hydrogen) atoms. The molecular weight excluding hydrogens is 192 g/mol. The maximum atomic E-state index is 10.4. The molecule has 0 amide bonds. The molecule has 1 aliphatic carbocycles. The Hall–Kier alpha value is -1.03. The highest BCUT2D eigenvalue weighted by atomic mass is 35.5. The van der Waals surface area contributed by atoms with Gasteiger partial charge in [-0.2, -0.15) is 5.10 Å². The molecule has 1 aromatic rings. The number of carboxylic acid groups (broad SMARTS) is 1. The fourth-order valence-corrected chi connectivity index (χ4v) is 1.57. The van der Waals surface area contributed by atoms with E-state index in [0.29, 0.717) is 10.9 Å². The molecule has 0 unspecified atom stereocenters. The van der Waals surface area contributed by atoms with Crippen LogP contribution in [0.1, 0.15) is 24.5 Å². The smallest absolute Gasteiger partial charge is 0.325 e. The predicted molar refractivity (Wildman–Crippen MR) is 46.8 cm³/mol.